The first-order valence-electron chi connectivity index (χ1n) is 4.97. The minimum atomic E-state index is 0.144. The number of fused-ring (bicyclic) bond motifs is 2. The largest absolute Gasteiger partial charge is 0.506 e. The number of aromatic nitrogens is 1. The number of aromatic hydroxyl groups is 1. The van der Waals surface area contributed by atoms with Crippen LogP contribution in [0.3, 0.4) is 0 Å². The molecule has 0 radical (unpaired) electrons. The maximum absolute atomic E-state index is 9.88. The second-order valence-corrected chi connectivity index (χ2v) is 4.11. The molecule has 0 bridgehead atoms. The number of phenols is 1. The highest BCUT2D eigenvalue weighted by Gasteiger charge is 2.09. The topological polar surface area (TPSA) is 24.3 Å². The van der Waals surface area contributed by atoms with Crippen LogP contribution in [0, 0.1) is 0 Å². The third-order valence-electron chi connectivity index (χ3n) is 2.69. The van der Waals surface area contributed by atoms with E-state index in [1.165, 1.54) is 0 Å². The minimum Gasteiger partial charge on any atom is -0.506 e. The first-order valence-corrected chi connectivity index (χ1v) is 5.35. The zero-order valence-corrected chi connectivity index (χ0v) is 9.15. The van der Waals surface area contributed by atoms with Crippen molar-refractivity contribution in [3.63, 3.8) is 0 Å². The van der Waals surface area contributed by atoms with E-state index in [1.54, 1.807) is 6.07 Å². The summed E-state index contributed by atoms with van der Waals surface area (Å²) in [5, 5.41) is 12.0. The van der Waals surface area contributed by atoms with Gasteiger partial charge in [-0.2, -0.15) is 4.40 Å². The SMILES string of the molecule is Oc1c(Cl)ccc2c[n+]3ccccc3cc12. The van der Waals surface area contributed by atoms with Crippen LogP contribution in [0.5, 0.6) is 5.75 Å². The summed E-state index contributed by atoms with van der Waals surface area (Å²) in [4.78, 5) is 0. The van der Waals surface area contributed by atoms with E-state index in [9.17, 15) is 5.11 Å². The maximum atomic E-state index is 9.88. The molecule has 0 saturated carbocycles. The van der Waals surface area contributed by atoms with Gasteiger partial charge in [-0.3, -0.25) is 0 Å². The molecular formula is C13H9ClNO+. The molecule has 0 aliphatic rings. The lowest BCUT2D eigenvalue weighted by Gasteiger charge is -2.01. The van der Waals surface area contributed by atoms with Gasteiger partial charge in [0.15, 0.2) is 12.4 Å². The first-order chi connectivity index (χ1) is 7.75. The monoisotopic (exact) mass is 230 g/mol. The lowest BCUT2D eigenvalue weighted by Crippen LogP contribution is -2.19. The molecule has 3 aromatic rings. The number of benzene rings is 1. The normalized spacial score (nSPS) is 11.1. The fourth-order valence-electron chi connectivity index (χ4n) is 1.87. The van der Waals surface area contributed by atoms with Crippen molar-refractivity contribution >= 4 is 27.9 Å². The third kappa shape index (κ3) is 1.31. The Hall–Kier alpha value is -1.80. The van der Waals surface area contributed by atoms with Gasteiger partial charge in [0.1, 0.15) is 5.75 Å². The molecule has 16 heavy (non-hydrogen) atoms. The van der Waals surface area contributed by atoms with Crippen LogP contribution in [-0.2, 0) is 0 Å². The Morgan fingerprint density at radius 3 is 2.88 bits per heavy atom. The van der Waals surface area contributed by atoms with Crippen molar-refractivity contribution in [2.24, 2.45) is 0 Å². The third-order valence-corrected chi connectivity index (χ3v) is 3.00. The fraction of sp³-hybridized carbons (Fsp3) is 0. The molecule has 0 atom stereocenters. The highest BCUT2D eigenvalue weighted by Crippen LogP contribution is 2.31. The average Bonchev–Trinajstić information content (AvgIpc) is 2.32. The van der Waals surface area contributed by atoms with Crippen LogP contribution in [0.4, 0.5) is 0 Å². The van der Waals surface area contributed by atoms with Gasteiger partial charge in [0.25, 0.3) is 0 Å². The van der Waals surface area contributed by atoms with Crippen molar-refractivity contribution < 1.29 is 9.51 Å². The zero-order valence-electron chi connectivity index (χ0n) is 8.39. The summed E-state index contributed by atoms with van der Waals surface area (Å²) < 4.78 is 2.01. The molecule has 0 saturated heterocycles. The number of hydrogen-bond acceptors (Lipinski definition) is 1. The Morgan fingerprint density at radius 2 is 2.00 bits per heavy atom. The lowest BCUT2D eigenvalue weighted by molar-refractivity contribution is -0.510. The number of pyridine rings is 2. The van der Waals surface area contributed by atoms with Crippen LogP contribution < -0.4 is 4.40 Å². The predicted molar refractivity (Wildman–Crippen MR) is 63.8 cm³/mol. The molecule has 2 heterocycles. The molecule has 1 aromatic carbocycles. The van der Waals surface area contributed by atoms with E-state index in [-0.39, 0.29) is 5.75 Å². The standard InChI is InChI=1S/C13H8ClNO/c14-12-5-4-9-8-15-6-2-1-3-10(15)7-11(9)13(12)16/h1-8H/p+1. The van der Waals surface area contributed by atoms with Gasteiger partial charge in [-0.05, 0) is 18.2 Å². The lowest BCUT2D eigenvalue weighted by atomic mass is 10.1. The van der Waals surface area contributed by atoms with Crippen LogP contribution in [-0.4, -0.2) is 5.11 Å². The van der Waals surface area contributed by atoms with Gasteiger partial charge in [0, 0.05) is 23.6 Å². The second kappa shape index (κ2) is 3.35. The highest BCUT2D eigenvalue weighted by atomic mass is 35.5. The van der Waals surface area contributed by atoms with Crippen LogP contribution in [0.1, 0.15) is 0 Å². The van der Waals surface area contributed by atoms with Gasteiger partial charge in [-0.15, -0.1) is 0 Å². The van der Waals surface area contributed by atoms with Gasteiger partial charge in [0.05, 0.1) is 10.4 Å². The van der Waals surface area contributed by atoms with Crippen LogP contribution in [0.25, 0.3) is 16.3 Å². The summed E-state index contributed by atoms with van der Waals surface area (Å²) in [6.07, 6.45) is 3.95. The van der Waals surface area contributed by atoms with E-state index in [0.29, 0.717) is 5.02 Å². The smallest absolute Gasteiger partial charge is 0.211 e. The van der Waals surface area contributed by atoms with Crippen LogP contribution in [0.2, 0.25) is 5.02 Å². The highest BCUT2D eigenvalue weighted by molar-refractivity contribution is 6.33. The summed E-state index contributed by atoms with van der Waals surface area (Å²) in [5.74, 6) is 0.144. The van der Waals surface area contributed by atoms with Gasteiger partial charge >= 0.3 is 0 Å². The first kappa shape index (κ1) is 9.43. The van der Waals surface area contributed by atoms with E-state index in [4.69, 9.17) is 11.6 Å². The number of phenolic OH excluding ortho intramolecular Hbond substituents is 1. The molecule has 1 N–H and O–H groups in total. The Labute approximate surface area is 97.3 Å². The average molecular weight is 231 g/mol. The molecule has 2 nitrogen and oxygen atoms in total. The molecule has 3 heteroatoms. The van der Waals surface area contributed by atoms with E-state index in [2.05, 4.69) is 0 Å². The van der Waals surface area contributed by atoms with Crippen molar-refractivity contribution in [1.29, 1.82) is 0 Å². The fourth-order valence-corrected chi connectivity index (χ4v) is 2.03. The Bertz CT molecular complexity index is 694. The quantitative estimate of drug-likeness (QED) is 0.466. The van der Waals surface area contributed by atoms with Crippen LogP contribution >= 0.6 is 11.6 Å². The van der Waals surface area contributed by atoms with E-state index in [1.807, 2.05) is 47.1 Å². The Kier molecular flexibility index (Phi) is 1.98. The summed E-state index contributed by atoms with van der Waals surface area (Å²) >= 11 is 5.88. The molecule has 2 aromatic heterocycles. The Morgan fingerprint density at radius 1 is 1.12 bits per heavy atom. The van der Waals surface area contributed by atoms with Crippen molar-refractivity contribution in [2.45, 2.75) is 0 Å². The molecular weight excluding hydrogens is 222 g/mol. The van der Waals surface area contributed by atoms with Gasteiger partial charge in [-0.1, -0.05) is 11.6 Å². The van der Waals surface area contributed by atoms with Gasteiger partial charge in [-0.25, -0.2) is 0 Å². The molecule has 0 aliphatic carbocycles. The van der Waals surface area contributed by atoms with E-state index < -0.39 is 0 Å². The number of rotatable bonds is 0. The molecule has 0 spiro atoms. The van der Waals surface area contributed by atoms with E-state index in [0.717, 1.165) is 16.3 Å². The molecule has 3 rings (SSSR count). The van der Waals surface area contributed by atoms with Crippen molar-refractivity contribution in [3.8, 4) is 5.75 Å². The molecule has 78 valence electrons. The molecule has 0 aliphatic heterocycles. The van der Waals surface area contributed by atoms with Crippen molar-refractivity contribution in [1.82, 2.24) is 0 Å². The summed E-state index contributed by atoms with van der Waals surface area (Å²) in [7, 11) is 0. The van der Waals surface area contributed by atoms with Crippen LogP contribution in [0.15, 0.2) is 48.8 Å². The predicted octanol–water partition coefficient (Wildman–Crippen LogP) is 2.94. The number of nitrogens with zero attached hydrogens (tertiary/aromatic N) is 1. The van der Waals surface area contributed by atoms with Crippen molar-refractivity contribution in [2.75, 3.05) is 0 Å². The molecule has 0 fully saturated rings. The van der Waals surface area contributed by atoms with Crippen molar-refractivity contribution in [3.05, 3.63) is 53.8 Å². The number of halogens is 1. The van der Waals surface area contributed by atoms with Gasteiger partial charge < -0.3 is 5.11 Å². The zero-order chi connectivity index (χ0) is 11.1. The Balaban J connectivity index is 2.51. The number of hydrogen-bond donors (Lipinski definition) is 1. The maximum Gasteiger partial charge on any atom is 0.211 e. The summed E-state index contributed by atoms with van der Waals surface area (Å²) in [6, 6.07) is 11.4. The summed E-state index contributed by atoms with van der Waals surface area (Å²) in [6.45, 7) is 0. The van der Waals surface area contributed by atoms with Gasteiger partial charge in [0.2, 0.25) is 5.52 Å². The molecule has 0 amide bonds. The second-order valence-electron chi connectivity index (χ2n) is 3.71. The van der Waals surface area contributed by atoms with E-state index >= 15 is 0 Å². The molecule has 0 unspecified atom stereocenters. The summed E-state index contributed by atoms with van der Waals surface area (Å²) in [5.41, 5.74) is 1.02. The minimum absolute atomic E-state index is 0.144.